The molecular formula is C12H16F4O. The smallest absolute Gasteiger partial charge is 0.403 e. The normalized spacial score (nSPS) is 10.9. The summed E-state index contributed by atoms with van der Waals surface area (Å²) in [5, 5.41) is 0. The van der Waals surface area contributed by atoms with Gasteiger partial charge in [-0.25, -0.2) is 4.39 Å². The highest BCUT2D eigenvalue weighted by molar-refractivity contribution is 5.32. The predicted octanol–water partition coefficient (Wildman–Crippen LogP) is 4.87. The lowest BCUT2D eigenvalue weighted by atomic mass is 10.0. The van der Waals surface area contributed by atoms with Gasteiger partial charge in [0.1, 0.15) is 0 Å². The second-order valence-electron chi connectivity index (χ2n) is 3.36. The standard InChI is InChI=1S/C10H10F4O.C2H6/c1-6(2)7-4-3-5-8(9(7)11)15-10(12,13)14;1-2/h3-6H,1-2H3;1-2H3. The van der Waals surface area contributed by atoms with E-state index in [1.54, 1.807) is 13.8 Å². The summed E-state index contributed by atoms with van der Waals surface area (Å²) in [4.78, 5) is 0. The molecule has 0 bridgehead atoms. The SMILES string of the molecule is CC.CC(C)c1cccc(OC(F)(F)F)c1F. The Morgan fingerprint density at radius 3 is 2.06 bits per heavy atom. The van der Waals surface area contributed by atoms with E-state index in [-0.39, 0.29) is 11.5 Å². The van der Waals surface area contributed by atoms with Gasteiger partial charge in [-0.2, -0.15) is 0 Å². The Bertz CT molecular complexity index is 345. The van der Waals surface area contributed by atoms with Crippen LogP contribution >= 0.6 is 0 Å². The Morgan fingerprint density at radius 1 is 1.12 bits per heavy atom. The molecule has 0 saturated carbocycles. The minimum Gasteiger partial charge on any atom is -0.403 e. The summed E-state index contributed by atoms with van der Waals surface area (Å²) in [6.07, 6.45) is -4.86. The van der Waals surface area contributed by atoms with E-state index in [2.05, 4.69) is 4.74 Å². The molecular weight excluding hydrogens is 236 g/mol. The summed E-state index contributed by atoms with van der Waals surface area (Å²) >= 11 is 0. The summed E-state index contributed by atoms with van der Waals surface area (Å²) in [5.41, 5.74) is 0.205. The van der Waals surface area contributed by atoms with Gasteiger partial charge in [0.25, 0.3) is 0 Å². The molecule has 0 aliphatic rings. The third-order valence-electron chi connectivity index (χ3n) is 1.84. The van der Waals surface area contributed by atoms with Crippen molar-refractivity contribution in [3.63, 3.8) is 0 Å². The molecule has 0 unspecified atom stereocenters. The van der Waals surface area contributed by atoms with Gasteiger partial charge in [-0.1, -0.05) is 39.8 Å². The Labute approximate surface area is 98.4 Å². The topological polar surface area (TPSA) is 9.23 Å². The molecule has 1 rings (SSSR count). The fourth-order valence-corrected chi connectivity index (χ4v) is 1.18. The summed E-state index contributed by atoms with van der Waals surface area (Å²) in [6.45, 7) is 7.38. The molecule has 17 heavy (non-hydrogen) atoms. The van der Waals surface area contributed by atoms with Gasteiger partial charge in [-0.3, -0.25) is 0 Å². The highest BCUT2D eigenvalue weighted by Gasteiger charge is 2.32. The van der Waals surface area contributed by atoms with Crippen LogP contribution in [-0.2, 0) is 0 Å². The summed E-state index contributed by atoms with van der Waals surface area (Å²) in [7, 11) is 0. The number of halogens is 4. The van der Waals surface area contributed by atoms with Crippen LogP contribution in [0, 0.1) is 5.82 Å². The first-order chi connectivity index (χ1) is 7.81. The van der Waals surface area contributed by atoms with Gasteiger partial charge in [0, 0.05) is 0 Å². The maximum atomic E-state index is 13.4. The molecule has 0 aliphatic heterocycles. The van der Waals surface area contributed by atoms with Crippen molar-refractivity contribution in [1.29, 1.82) is 0 Å². The van der Waals surface area contributed by atoms with E-state index in [4.69, 9.17) is 0 Å². The van der Waals surface area contributed by atoms with Gasteiger partial charge >= 0.3 is 6.36 Å². The molecule has 0 amide bonds. The van der Waals surface area contributed by atoms with Gasteiger partial charge < -0.3 is 4.74 Å². The molecule has 0 aliphatic carbocycles. The van der Waals surface area contributed by atoms with Crippen LogP contribution in [0.5, 0.6) is 5.75 Å². The molecule has 0 radical (unpaired) electrons. The quantitative estimate of drug-likeness (QED) is 0.682. The molecule has 98 valence electrons. The van der Waals surface area contributed by atoms with Gasteiger partial charge in [0.05, 0.1) is 0 Å². The highest BCUT2D eigenvalue weighted by atomic mass is 19.4. The zero-order valence-corrected chi connectivity index (χ0v) is 10.2. The highest BCUT2D eigenvalue weighted by Crippen LogP contribution is 2.30. The Kier molecular flexibility index (Phi) is 5.99. The van der Waals surface area contributed by atoms with Gasteiger partial charge in [0.2, 0.25) is 0 Å². The second kappa shape index (κ2) is 6.47. The maximum absolute atomic E-state index is 13.4. The number of hydrogen-bond donors (Lipinski definition) is 0. The maximum Gasteiger partial charge on any atom is 0.573 e. The van der Waals surface area contributed by atoms with Gasteiger partial charge in [0.15, 0.2) is 11.6 Å². The van der Waals surface area contributed by atoms with E-state index in [9.17, 15) is 17.6 Å². The average Bonchev–Trinajstić information content (AvgIpc) is 2.22. The van der Waals surface area contributed by atoms with Crippen molar-refractivity contribution < 1.29 is 22.3 Å². The molecule has 5 heteroatoms. The Hall–Kier alpha value is -1.26. The molecule has 0 atom stereocenters. The van der Waals surface area contributed by atoms with Crippen LogP contribution < -0.4 is 4.74 Å². The van der Waals surface area contributed by atoms with Gasteiger partial charge in [-0.15, -0.1) is 13.2 Å². The monoisotopic (exact) mass is 252 g/mol. The molecule has 1 aromatic carbocycles. The van der Waals surface area contributed by atoms with Crippen molar-refractivity contribution in [2.75, 3.05) is 0 Å². The summed E-state index contributed by atoms with van der Waals surface area (Å²) < 4.78 is 52.6. The number of ether oxygens (including phenoxy) is 1. The molecule has 1 nitrogen and oxygen atoms in total. The van der Waals surface area contributed by atoms with Crippen LogP contribution in [-0.4, -0.2) is 6.36 Å². The molecule has 1 aromatic rings. The molecule has 0 N–H and O–H groups in total. The minimum atomic E-state index is -4.86. The van der Waals surface area contributed by atoms with Gasteiger partial charge in [-0.05, 0) is 17.5 Å². The van der Waals surface area contributed by atoms with Crippen LogP contribution in [0.3, 0.4) is 0 Å². The molecule has 0 heterocycles. The lowest BCUT2D eigenvalue weighted by Gasteiger charge is -2.13. The van der Waals surface area contributed by atoms with Crippen molar-refractivity contribution >= 4 is 0 Å². The Balaban J connectivity index is 0.00000121. The second-order valence-corrected chi connectivity index (χ2v) is 3.36. The molecule has 0 fully saturated rings. The third-order valence-corrected chi connectivity index (χ3v) is 1.84. The summed E-state index contributed by atoms with van der Waals surface area (Å²) in [5.74, 6) is -1.93. The average molecular weight is 252 g/mol. The fourth-order valence-electron chi connectivity index (χ4n) is 1.18. The number of rotatable bonds is 2. The van der Waals surface area contributed by atoms with Crippen LogP contribution in [0.2, 0.25) is 0 Å². The van der Waals surface area contributed by atoms with Crippen LogP contribution in [0.1, 0.15) is 39.2 Å². The van der Waals surface area contributed by atoms with E-state index in [0.717, 1.165) is 6.07 Å². The van der Waals surface area contributed by atoms with Crippen molar-refractivity contribution in [2.45, 2.75) is 40.0 Å². The molecule has 0 spiro atoms. The minimum absolute atomic E-state index is 0.193. The number of hydrogen-bond acceptors (Lipinski definition) is 1. The van der Waals surface area contributed by atoms with Crippen LogP contribution in [0.4, 0.5) is 17.6 Å². The van der Waals surface area contributed by atoms with Crippen LogP contribution in [0.15, 0.2) is 18.2 Å². The third kappa shape index (κ3) is 5.06. The number of benzene rings is 1. The lowest BCUT2D eigenvalue weighted by Crippen LogP contribution is -2.18. The van der Waals surface area contributed by atoms with E-state index < -0.39 is 17.9 Å². The van der Waals surface area contributed by atoms with Crippen molar-refractivity contribution in [3.05, 3.63) is 29.6 Å². The van der Waals surface area contributed by atoms with E-state index in [1.807, 2.05) is 13.8 Å². The molecule has 0 aromatic heterocycles. The lowest BCUT2D eigenvalue weighted by molar-refractivity contribution is -0.275. The zero-order valence-electron chi connectivity index (χ0n) is 10.2. The predicted molar refractivity (Wildman–Crippen MR) is 58.5 cm³/mol. The molecule has 0 saturated heterocycles. The van der Waals surface area contributed by atoms with Crippen molar-refractivity contribution in [3.8, 4) is 5.75 Å². The Morgan fingerprint density at radius 2 is 1.65 bits per heavy atom. The number of alkyl halides is 3. The van der Waals surface area contributed by atoms with Crippen LogP contribution in [0.25, 0.3) is 0 Å². The van der Waals surface area contributed by atoms with E-state index in [0.29, 0.717) is 0 Å². The fraction of sp³-hybridized carbons (Fsp3) is 0.500. The van der Waals surface area contributed by atoms with Crippen molar-refractivity contribution in [1.82, 2.24) is 0 Å². The largest absolute Gasteiger partial charge is 0.573 e. The van der Waals surface area contributed by atoms with E-state index in [1.165, 1.54) is 12.1 Å². The zero-order chi connectivity index (χ0) is 13.6. The first kappa shape index (κ1) is 15.7. The first-order valence-electron chi connectivity index (χ1n) is 5.35. The summed E-state index contributed by atoms with van der Waals surface area (Å²) in [6, 6.07) is 3.72. The van der Waals surface area contributed by atoms with Crippen molar-refractivity contribution in [2.24, 2.45) is 0 Å². The van der Waals surface area contributed by atoms with E-state index >= 15 is 0 Å². The first-order valence-corrected chi connectivity index (χ1v) is 5.35.